The molecule has 0 bridgehead atoms. The number of carbonyl (C=O) groups is 2. The molecule has 0 saturated carbocycles. The Labute approximate surface area is 123 Å². The highest BCUT2D eigenvalue weighted by Crippen LogP contribution is 2.12. The summed E-state index contributed by atoms with van der Waals surface area (Å²) >= 11 is 0. The number of carboxylic acid groups (broad SMARTS) is 1. The third kappa shape index (κ3) is 6.76. The minimum absolute atomic E-state index is 0.00435. The molecule has 0 fully saturated rings. The van der Waals surface area contributed by atoms with E-state index in [0.717, 1.165) is 0 Å². The maximum Gasteiger partial charge on any atom is 0.509 e. The van der Waals surface area contributed by atoms with Gasteiger partial charge in [-0.3, -0.25) is 0 Å². The molecule has 1 atom stereocenters. The van der Waals surface area contributed by atoms with Gasteiger partial charge in [0.2, 0.25) is 0 Å². The standard InChI is InChI=1S/C15H20O6/c1-15(2,3)21-14(19)20-9-11-6-4-5-10(7-11)8-12(16)13(17)18/h4-7,12,16H,8-9H2,1-3H3,(H,17,18). The summed E-state index contributed by atoms with van der Waals surface area (Å²) < 4.78 is 9.98. The van der Waals surface area contributed by atoms with E-state index in [-0.39, 0.29) is 13.0 Å². The first kappa shape index (κ1) is 17.0. The average Bonchev–Trinajstić information content (AvgIpc) is 2.34. The number of ether oxygens (including phenoxy) is 2. The van der Waals surface area contributed by atoms with E-state index in [1.807, 2.05) is 0 Å². The van der Waals surface area contributed by atoms with E-state index in [2.05, 4.69) is 0 Å². The summed E-state index contributed by atoms with van der Waals surface area (Å²) in [5.74, 6) is -1.27. The smallest absolute Gasteiger partial charge is 0.479 e. The monoisotopic (exact) mass is 296 g/mol. The lowest BCUT2D eigenvalue weighted by Gasteiger charge is -2.18. The minimum atomic E-state index is -1.45. The van der Waals surface area contributed by atoms with E-state index in [9.17, 15) is 14.7 Å². The van der Waals surface area contributed by atoms with Crippen molar-refractivity contribution < 1.29 is 29.3 Å². The highest BCUT2D eigenvalue weighted by molar-refractivity contribution is 5.72. The van der Waals surface area contributed by atoms with E-state index >= 15 is 0 Å². The maximum atomic E-state index is 11.4. The van der Waals surface area contributed by atoms with Crippen LogP contribution in [0.5, 0.6) is 0 Å². The molecule has 0 amide bonds. The summed E-state index contributed by atoms with van der Waals surface area (Å²) in [6.07, 6.45) is -2.22. The van der Waals surface area contributed by atoms with Gasteiger partial charge in [-0.05, 0) is 31.9 Å². The van der Waals surface area contributed by atoms with Crippen LogP contribution in [0.1, 0.15) is 31.9 Å². The molecule has 1 aromatic rings. The number of aliphatic hydroxyl groups is 1. The van der Waals surface area contributed by atoms with Crippen molar-refractivity contribution in [1.82, 2.24) is 0 Å². The van der Waals surface area contributed by atoms with Crippen LogP contribution in [0.15, 0.2) is 24.3 Å². The van der Waals surface area contributed by atoms with E-state index < -0.39 is 23.8 Å². The first-order chi connectivity index (χ1) is 9.67. The van der Waals surface area contributed by atoms with E-state index in [1.54, 1.807) is 45.0 Å². The fourth-order valence-corrected chi connectivity index (χ4v) is 1.58. The normalized spacial score (nSPS) is 12.6. The fourth-order valence-electron chi connectivity index (χ4n) is 1.58. The summed E-state index contributed by atoms with van der Waals surface area (Å²) in [6, 6.07) is 6.82. The molecule has 0 aliphatic rings. The van der Waals surface area contributed by atoms with Gasteiger partial charge in [-0.1, -0.05) is 24.3 Å². The Morgan fingerprint density at radius 1 is 1.24 bits per heavy atom. The largest absolute Gasteiger partial charge is 0.509 e. The van der Waals surface area contributed by atoms with Crippen molar-refractivity contribution in [2.24, 2.45) is 0 Å². The molecule has 1 unspecified atom stereocenters. The summed E-state index contributed by atoms with van der Waals surface area (Å²) in [7, 11) is 0. The Hall–Kier alpha value is -2.08. The van der Waals surface area contributed by atoms with Gasteiger partial charge in [-0.25, -0.2) is 9.59 Å². The van der Waals surface area contributed by atoms with Crippen molar-refractivity contribution in [3.63, 3.8) is 0 Å². The van der Waals surface area contributed by atoms with Gasteiger partial charge in [0.15, 0.2) is 6.10 Å². The number of aliphatic hydroxyl groups excluding tert-OH is 1. The third-order valence-corrected chi connectivity index (χ3v) is 2.45. The van der Waals surface area contributed by atoms with Gasteiger partial charge in [0.25, 0.3) is 0 Å². The second-order valence-electron chi connectivity index (χ2n) is 5.63. The molecule has 0 radical (unpaired) electrons. The van der Waals surface area contributed by atoms with Crippen molar-refractivity contribution in [3.8, 4) is 0 Å². The number of benzene rings is 1. The van der Waals surface area contributed by atoms with Gasteiger partial charge >= 0.3 is 12.1 Å². The van der Waals surface area contributed by atoms with Crippen molar-refractivity contribution in [1.29, 1.82) is 0 Å². The van der Waals surface area contributed by atoms with Gasteiger partial charge in [-0.15, -0.1) is 0 Å². The molecular weight excluding hydrogens is 276 g/mol. The van der Waals surface area contributed by atoms with Crippen LogP contribution in [0.2, 0.25) is 0 Å². The van der Waals surface area contributed by atoms with E-state index in [4.69, 9.17) is 14.6 Å². The fraction of sp³-hybridized carbons (Fsp3) is 0.467. The summed E-state index contributed by atoms with van der Waals surface area (Å²) in [5.41, 5.74) is 0.719. The highest BCUT2D eigenvalue weighted by atomic mass is 16.7. The van der Waals surface area contributed by atoms with Gasteiger partial charge < -0.3 is 19.7 Å². The number of rotatable bonds is 5. The van der Waals surface area contributed by atoms with Crippen molar-refractivity contribution >= 4 is 12.1 Å². The molecule has 0 aliphatic heterocycles. The predicted molar refractivity (Wildman–Crippen MR) is 74.8 cm³/mol. The molecule has 1 aromatic carbocycles. The van der Waals surface area contributed by atoms with Crippen LogP contribution in [0.25, 0.3) is 0 Å². The molecule has 1 rings (SSSR count). The van der Waals surface area contributed by atoms with Gasteiger partial charge in [0.1, 0.15) is 12.2 Å². The molecule has 0 aliphatic carbocycles. The van der Waals surface area contributed by atoms with Gasteiger partial charge in [-0.2, -0.15) is 0 Å². The average molecular weight is 296 g/mol. The Morgan fingerprint density at radius 2 is 1.86 bits per heavy atom. The molecule has 0 aromatic heterocycles. The number of carboxylic acids is 1. The Kier molecular flexibility index (Phi) is 5.72. The topological polar surface area (TPSA) is 93.1 Å². The lowest BCUT2D eigenvalue weighted by atomic mass is 10.1. The van der Waals surface area contributed by atoms with E-state index in [0.29, 0.717) is 11.1 Å². The molecule has 6 heteroatoms. The van der Waals surface area contributed by atoms with Crippen molar-refractivity contribution in [3.05, 3.63) is 35.4 Å². The Morgan fingerprint density at radius 3 is 2.43 bits per heavy atom. The minimum Gasteiger partial charge on any atom is -0.479 e. The molecule has 0 heterocycles. The number of hydrogen-bond donors (Lipinski definition) is 2. The second kappa shape index (κ2) is 7.08. The highest BCUT2D eigenvalue weighted by Gasteiger charge is 2.17. The zero-order valence-electron chi connectivity index (χ0n) is 12.3. The lowest BCUT2D eigenvalue weighted by Crippen LogP contribution is -2.24. The molecule has 21 heavy (non-hydrogen) atoms. The van der Waals surface area contributed by atoms with Crippen LogP contribution in [0, 0.1) is 0 Å². The Balaban J connectivity index is 2.57. The van der Waals surface area contributed by atoms with Crippen LogP contribution >= 0.6 is 0 Å². The number of aliphatic carboxylic acids is 1. The number of carbonyl (C=O) groups excluding carboxylic acids is 1. The summed E-state index contributed by atoms with van der Waals surface area (Å²) in [6.45, 7) is 5.23. The van der Waals surface area contributed by atoms with Crippen LogP contribution < -0.4 is 0 Å². The molecule has 6 nitrogen and oxygen atoms in total. The molecule has 0 spiro atoms. The lowest BCUT2D eigenvalue weighted by molar-refractivity contribution is -0.146. The second-order valence-corrected chi connectivity index (χ2v) is 5.63. The predicted octanol–water partition coefficient (Wildman–Crippen LogP) is 2.13. The molecule has 0 saturated heterocycles. The zero-order valence-corrected chi connectivity index (χ0v) is 12.3. The quantitative estimate of drug-likeness (QED) is 0.808. The molecule has 2 N–H and O–H groups in total. The third-order valence-electron chi connectivity index (χ3n) is 2.45. The van der Waals surface area contributed by atoms with E-state index in [1.165, 1.54) is 0 Å². The first-order valence-electron chi connectivity index (χ1n) is 6.52. The van der Waals surface area contributed by atoms with Crippen LogP contribution in [0.4, 0.5) is 4.79 Å². The number of hydrogen-bond acceptors (Lipinski definition) is 5. The first-order valence-corrected chi connectivity index (χ1v) is 6.52. The van der Waals surface area contributed by atoms with Crippen LogP contribution in [-0.4, -0.2) is 34.0 Å². The Bertz CT molecular complexity index is 503. The van der Waals surface area contributed by atoms with Crippen LogP contribution in [0.3, 0.4) is 0 Å². The van der Waals surface area contributed by atoms with Crippen molar-refractivity contribution in [2.75, 3.05) is 0 Å². The summed E-state index contributed by atoms with van der Waals surface area (Å²) in [5, 5.41) is 18.0. The van der Waals surface area contributed by atoms with Gasteiger partial charge in [0.05, 0.1) is 0 Å². The molecule has 116 valence electrons. The SMILES string of the molecule is CC(C)(C)OC(=O)OCc1cccc(CC(O)C(=O)O)c1. The van der Waals surface area contributed by atoms with Gasteiger partial charge in [0, 0.05) is 6.42 Å². The van der Waals surface area contributed by atoms with Crippen molar-refractivity contribution in [2.45, 2.75) is 45.5 Å². The zero-order chi connectivity index (χ0) is 16.0. The summed E-state index contributed by atoms with van der Waals surface area (Å²) in [4.78, 5) is 22.0. The van der Waals surface area contributed by atoms with Crippen LogP contribution in [-0.2, 0) is 27.3 Å². The molecular formula is C15H20O6. The maximum absolute atomic E-state index is 11.4.